The van der Waals surface area contributed by atoms with Crippen molar-refractivity contribution in [3.8, 4) is 16.9 Å². The Morgan fingerprint density at radius 3 is 2.25 bits per heavy atom. The van der Waals surface area contributed by atoms with Gasteiger partial charge in [-0.15, -0.1) is 0 Å². The van der Waals surface area contributed by atoms with Gasteiger partial charge in [-0.3, -0.25) is 0 Å². The fourth-order valence-corrected chi connectivity index (χ4v) is 4.31. The van der Waals surface area contributed by atoms with Crippen molar-refractivity contribution in [1.29, 1.82) is 0 Å². The molecule has 0 bridgehead atoms. The third-order valence-corrected chi connectivity index (χ3v) is 6.02. The van der Waals surface area contributed by atoms with Gasteiger partial charge in [0.2, 0.25) is 0 Å². The molecule has 6 nitrogen and oxygen atoms in total. The van der Waals surface area contributed by atoms with Gasteiger partial charge in [-0.1, -0.05) is 66.2 Å². The first-order valence-electron chi connectivity index (χ1n) is 10.3. The number of halogens is 1. The van der Waals surface area contributed by atoms with Gasteiger partial charge in [0.05, 0.1) is 12.1 Å². The van der Waals surface area contributed by atoms with Gasteiger partial charge in [-0.05, 0) is 34.4 Å². The number of benzene rings is 3. The molecule has 1 aliphatic carbocycles. The summed E-state index contributed by atoms with van der Waals surface area (Å²) in [5.41, 5.74) is 4.87. The van der Waals surface area contributed by atoms with Crippen LogP contribution >= 0.6 is 11.6 Å². The predicted octanol–water partition coefficient (Wildman–Crippen LogP) is 4.28. The first-order chi connectivity index (χ1) is 15.5. The maximum absolute atomic E-state index is 12.3. The summed E-state index contributed by atoms with van der Waals surface area (Å²) in [7, 11) is 1.51. The quantitative estimate of drug-likeness (QED) is 0.497. The topological polar surface area (TPSA) is 88.0 Å². The Balaban J connectivity index is 1.34. The number of alkyl carbamates (subject to hydrolysis) is 1. The van der Waals surface area contributed by atoms with Crippen LogP contribution in [0.15, 0.2) is 66.7 Å². The number of hydrogen-bond acceptors (Lipinski definition) is 5. The molecular weight excluding hydrogens is 430 g/mol. The normalized spacial score (nSPS) is 14.2. The molecule has 0 spiro atoms. The van der Waals surface area contributed by atoms with Crippen LogP contribution in [0.25, 0.3) is 11.1 Å². The molecule has 1 aliphatic rings. The van der Waals surface area contributed by atoms with Gasteiger partial charge in [0.15, 0.2) is 0 Å². The Kier molecular flexibility index (Phi) is 6.65. The number of rotatable bonds is 7. The summed E-state index contributed by atoms with van der Waals surface area (Å²) >= 11 is 6.15. The van der Waals surface area contributed by atoms with Crippen molar-refractivity contribution in [2.45, 2.75) is 18.1 Å². The van der Waals surface area contributed by atoms with E-state index in [-0.39, 0.29) is 24.1 Å². The number of nitrogens with one attached hydrogen (secondary N) is 1. The second kappa shape index (κ2) is 9.61. The van der Waals surface area contributed by atoms with E-state index in [0.29, 0.717) is 11.3 Å². The van der Waals surface area contributed by atoms with Crippen LogP contribution in [-0.4, -0.2) is 42.7 Å². The van der Waals surface area contributed by atoms with Gasteiger partial charge in [0.25, 0.3) is 0 Å². The van der Waals surface area contributed by atoms with Crippen molar-refractivity contribution < 1.29 is 24.5 Å². The molecule has 1 amide bonds. The van der Waals surface area contributed by atoms with Gasteiger partial charge < -0.3 is 25.0 Å². The average Bonchev–Trinajstić information content (AvgIpc) is 3.14. The molecule has 3 N–H and O–H groups in total. The molecule has 32 heavy (non-hydrogen) atoms. The van der Waals surface area contributed by atoms with Crippen LogP contribution in [0.2, 0.25) is 5.02 Å². The molecule has 3 aromatic rings. The SMILES string of the molecule is COc1ccc(C(O)C(O)CNC(=O)OCC2c3ccccc3-c3ccccc32)c(Cl)c1. The summed E-state index contributed by atoms with van der Waals surface area (Å²) in [4.78, 5) is 12.3. The number of aliphatic hydroxyl groups is 2. The number of hydrogen-bond donors (Lipinski definition) is 3. The van der Waals surface area contributed by atoms with Gasteiger partial charge in [-0.2, -0.15) is 0 Å². The number of carbonyl (C=O) groups excluding carboxylic acids is 1. The monoisotopic (exact) mass is 453 g/mol. The molecule has 0 saturated carbocycles. The number of carbonyl (C=O) groups is 1. The van der Waals surface area contributed by atoms with Crippen molar-refractivity contribution in [3.05, 3.63) is 88.4 Å². The number of methoxy groups -OCH3 is 1. The van der Waals surface area contributed by atoms with E-state index in [1.165, 1.54) is 7.11 Å². The maximum Gasteiger partial charge on any atom is 0.407 e. The van der Waals surface area contributed by atoms with Crippen molar-refractivity contribution in [1.82, 2.24) is 5.32 Å². The van der Waals surface area contributed by atoms with Crippen LogP contribution in [0.3, 0.4) is 0 Å². The first-order valence-corrected chi connectivity index (χ1v) is 10.7. The third-order valence-electron chi connectivity index (χ3n) is 5.69. The molecule has 0 radical (unpaired) electrons. The lowest BCUT2D eigenvalue weighted by Gasteiger charge is -2.20. The summed E-state index contributed by atoms with van der Waals surface area (Å²) in [6.45, 7) is -0.0248. The van der Waals surface area contributed by atoms with Gasteiger partial charge >= 0.3 is 6.09 Å². The van der Waals surface area contributed by atoms with E-state index in [4.69, 9.17) is 21.1 Å². The molecule has 2 atom stereocenters. The summed E-state index contributed by atoms with van der Waals surface area (Å²) < 4.78 is 10.5. The molecule has 0 saturated heterocycles. The zero-order valence-corrected chi connectivity index (χ0v) is 18.3. The van der Waals surface area contributed by atoms with Crippen molar-refractivity contribution in [3.63, 3.8) is 0 Å². The second-order valence-corrected chi connectivity index (χ2v) is 8.01. The molecule has 0 aliphatic heterocycles. The smallest absolute Gasteiger partial charge is 0.407 e. The zero-order valence-electron chi connectivity index (χ0n) is 17.5. The highest BCUT2D eigenvalue weighted by molar-refractivity contribution is 6.31. The van der Waals surface area contributed by atoms with Crippen LogP contribution in [0, 0.1) is 0 Å². The van der Waals surface area contributed by atoms with Crippen molar-refractivity contribution in [2.24, 2.45) is 0 Å². The fraction of sp³-hybridized carbons (Fsp3) is 0.240. The Labute approximate surface area is 191 Å². The van der Waals surface area contributed by atoms with Crippen LogP contribution < -0.4 is 10.1 Å². The highest BCUT2D eigenvalue weighted by Gasteiger charge is 2.29. The van der Waals surface area contributed by atoms with E-state index in [2.05, 4.69) is 17.4 Å². The van der Waals surface area contributed by atoms with E-state index < -0.39 is 18.3 Å². The minimum absolute atomic E-state index is 0.0539. The Hall–Kier alpha value is -3.06. The molecule has 166 valence electrons. The minimum atomic E-state index is -1.28. The maximum atomic E-state index is 12.3. The van der Waals surface area contributed by atoms with E-state index in [1.807, 2.05) is 36.4 Å². The van der Waals surface area contributed by atoms with Crippen molar-refractivity contribution in [2.75, 3.05) is 20.3 Å². The van der Waals surface area contributed by atoms with Gasteiger partial charge in [0.1, 0.15) is 24.6 Å². The number of ether oxygens (including phenoxy) is 2. The number of amides is 1. The molecule has 2 unspecified atom stereocenters. The van der Waals surface area contributed by atoms with Gasteiger partial charge in [-0.25, -0.2) is 4.79 Å². The number of fused-ring (bicyclic) bond motifs is 3. The summed E-state index contributed by atoms with van der Waals surface area (Å²) in [5.74, 6) is 0.485. The summed E-state index contributed by atoms with van der Waals surface area (Å²) in [6.07, 6.45) is -3.21. The Morgan fingerprint density at radius 1 is 1.03 bits per heavy atom. The summed E-state index contributed by atoms with van der Waals surface area (Å²) in [6, 6.07) is 20.9. The lowest BCUT2D eigenvalue weighted by molar-refractivity contribution is 0.0186. The lowest BCUT2D eigenvalue weighted by atomic mass is 9.98. The molecular formula is C25H24ClNO5. The average molecular weight is 454 g/mol. The van der Waals surface area contributed by atoms with E-state index in [1.54, 1.807) is 18.2 Å². The van der Waals surface area contributed by atoms with Crippen molar-refractivity contribution >= 4 is 17.7 Å². The highest BCUT2D eigenvalue weighted by atomic mass is 35.5. The first kappa shape index (κ1) is 22.1. The van der Waals surface area contributed by atoms with Gasteiger partial charge in [0, 0.05) is 18.0 Å². The number of aliphatic hydroxyl groups excluding tert-OH is 2. The Bertz CT molecular complexity index is 1070. The highest BCUT2D eigenvalue weighted by Crippen LogP contribution is 2.44. The van der Waals surface area contributed by atoms with E-state index in [9.17, 15) is 15.0 Å². The largest absolute Gasteiger partial charge is 0.497 e. The Morgan fingerprint density at radius 2 is 1.66 bits per heavy atom. The standard InChI is InChI=1S/C25H24ClNO5/c1-31-15-10-11-20(22(26)12-15)24(29)23(28)13-27-25(30)32-14-21-18-8-4-2-6-16(18)17-7-3-5-9-19(17)21/h2-12,21,23-24,28-29H,13-14H2,1H3,(H,27,30). The van der Waals surface area contributed by atoms with E-state index >= 15 is 0 Å². The molecule has 3 aromatic carbocycles. The van der Waals surface area contributed by atoms with E-state index in [0.717, 1.165) is 22.3 Å². The molecule has 0 fully saturated rings. The molecule has 0 aromatic heterocycles. The fourth-order valence-electron chi connectivity index (χ4n) is 4.03. The third kappa shape index (κ3) is 4.43. The molecule has 0 heterocycles. The summed E-state index contributed by atoms with van der Waals surface area (Å²) in [5, 5.41) is 23.5. The molecule has 7 heteroatoms. The predicted molar refractivity (Wildman–Crippen MR) is 122 cm³/mol. The molecule has 4 rings (SSSR count). The minimum Gasteiger partial charge on any atom is -0.497 e. The van der Waals surface area contributed by atoms with Crippen LogP contribution in [-0.2, 0) is 4.74 Å². The lowest BCUT2D eigenvalue weighted by Crippen LogP contribution is -2.36. The van der Waals surface area contributed by atoms with Crippen LogP contribution in [0.1, 0.15) is 28.7 Å². The van der Waals surface area contributed by atoms with Crippen LogP contribution in [0.4, 0.5) is 4.79 Å². The second-order valence-electron chi connectivity index (χ2n) is 7.61. The zero-order chi connectivity index (χ0) is 22.7. The van der Waals surface area contributed by atoms with Crippen LogP contribution in [0.5, 0.6) is 5.75 Å².